The van der Waals surface area contributed by atoms with Gasteiger partial charge in [0.15, 0.2) is 0 Å². The minimum absolute atomic E-state index is 0.0692. The van der Waals surface area contributed by atoms with Crippen LogP contribution in [0.25, 0.3) is 10.9 Å². The normalized spacial score (nSPS) is 20.1. The summed E-state index contributed by atoms with van der Waals surface area (Å²) in [6.07, 6.45) is 4.76. The summed E-state index contributed by atoms with van der Waals surface area (Å²) in [4.78, 5) is 86.0. The number of hydrazine groups is 1. The molecule has 4 rings (SSSR count). The molecule has 0 aliphatic carbocycles. The van der Waals surface area contributed by atoms with Crippen molar-refractivity contribution in [2.24, 2.45) is 17.3 Å². The molecule has 1 aliphatic rings. The van der Waals surface area contributed by atoms with Crippen molar-refractivity contribution in [1.82, 2.24) is 41.5 Å². The quantitative estimate of drug-likeness (QED) is 0.0483. The topological polar surface area (TPSA) is 263 Å². The zero-order valence-corrected chi connectivity index (χ0v) is 33.2. The Morgan fingerprint density at radius 1 is 0.897 bits per heavy atom. The van der Waals surface area contributed by atoms with E-state index in [0.717, 1.165) is 27.0 Å². The second-order valence-corrected chi connectivity index (χ2v) is 14.6. The summed E-state index contributed by atoms with van der Waals surface area (Å²) in [6.45, 7) is 2.80. The fourth-order valence-corrected chi connectivity index (χ4v) is 6.50. The Balaban J connectivity index is 1.57. The number of H-pyrrole nitrogens is 1. The number of fused-ring (bicyclic) bond motifs is 1. The predicted molar refractivity (Wildman–Crippen MR) is 220 cm³/mol. The van der Waals surface area contributed by atoms with Crippen molar-refractivity contribution in [2.45, 2.75) is 88.5 Å². The lowest BCUT2D eigenvalue weighted by atomic mass is 10.0. The number of nitrogens with one attached hydrogen (secondary N) is 6. The average molecular weight is 800 g/mol. The molecule has 12 N–H and O–H groups in total. The first-order valence-corrected chi connectivity index (χ1v) is 19.6. The highest BCUT2D eigenvalue weighted by Gasteiger charge is 2.32. The van der Waals surface area contributed by atoms with Crippen LogP contribution in [-0.2, 0) is 36.8 Å². The number of aromatic nitrogens is 1. The van der Waals surface area contributed by atoms with Crippen molar-refractivity contribution < 1.29 is 28.8 Å². The number of hydrogen-bond donors (Lipinski definition) is 9. The number of hydrogen-bond acceptors (Lipinski definition) is 9. The number of carbonyl (C=O) groups is 6. The molecule has 0 saturated heterocycles. The Hall–Kier alpha value is -5.96. The number of primary amides is 1. The number of rotatable bonds is 13. The van der Waals surface area contributed by atoms with Crippen molar-refractivity contribution in [1.29, 1.82) is 0 Å². The van der Waals surface area contributed by atoms with E-state index in [-0.39, 0.29) is 32.2 Å². The molecule has 3 aromatic rings. The largest absolute Gasteiger partial charge is 0.368 e. The fourth-order valence-electron chi connectivity index (χ4n) is 6.50. The van der Waals surface area contributed by atoms with Crippen molar-refractivity contribution in [2.75, 3.05) is 33.2 Å². The van der Waals surface area contributed by atoms with Crippen molar-refractivity contribution >= 4 is 46.5 Å². The molecule has 0 fully saturated rings. The smallest absolute Gasteiger partial charge is 0.333 e. The zero-order chi connectivity index (χ0) is 42.0. The first-order chi connectivity index (χ1) is 27.9. The van der Waals surface area contributed by atoms with Crippen LogP contribution < -0.4 is 43.9 Å². The van der Waals surface area contributed by atoms with Gasteiger partial charge in [-0.05, 0) is 82.8 Å². The van der Waals surface area contributed by atoms with Gasteiger partial charge in [0.2, 0.25) is 29.5 Å². The molecule has 1 aromatic heterocycles. The highest BCUT2D eigenvalue weighted by molar-refractivity contribution is 5.96. The lowest BCUT2D eigenvalue weighted by Gasteiger charge is -2.26. The van der Waals surface area contributed by atoms with Gasteiger partial charge < -0.3 is 43.0 Å². The van der Waals surface area contributed by atoms with Crippen LogP contribution in [-0.4, -0.2) is 114 Å². The molecule has 2 aromatic carbocycles. The Kier molecular flexibility index (Phi) is 17.5. The summed E-state index contributed by atoms with van der Waals surface area (Å²) in [7, 11) is 1.88. The summed E-state index contributed by atoms with van der Waals surface area (Å²) in [5.74, 6) is 8.65. The van der Waals surface area contributed by atoms with Crippen LogP contribution >= 0.6 is 0 Å². The van der Waals surface area contributed by atoms with Gasteiger partial charge in [0.25, 0.3) is 0 Å². The SMILES string of the molecule is C[C@@H]1NC(=O)[C@@H](Cc2c[nH]c3ccccc23)NC(=O)N(N)CC#CCN(C)CCCC[C@@H](C(=O)N[C@H](Cc2ccccc2)C(=O)N[C@@H](CCCCN)C(N)=O)NC1=O. The fraction of sp³-hybridized carbons (Fsp3) is 0.463. The number of unbranched alkanes of at least 4 members (excludes halogenated alkanes) is 1. The maximum Gasteiger partial charge on any atom is 0.333 e. The molecule has 0 bridgehead atoms. The number of aromatic amines is 1. The third-order valence-electron chi connectivity index (χ3n) is 9.89. The van der Waals surface area contributed by atoms with Gasteiger partial charge in [-0.15, -0.1) is 0 Å². The zero-order valence-electron chi connectivity index (χ0n) is 33.2. The minimum atomic E-state index is -1.15. The third-order valence-corrected chi connectivity index (χ3v) is 9.89. The number of nitrogens with two attached hydrogens (primary N) is 3. The van der Waals surface area contributed by atoms with Gasteiger partial charge >= 0.3 is 6.03 Å². The number of nitrogens with zero attached hydrogens (tertiary/aromatic N) is 2. The van der Waals surface area contributed by atoms with E-state index in [1.807, 2.05) is 54.4 Å². The highest BCUT2D eigenvalue weighted by atomic mass is 16.2. The molecule has 7 amide bonds. The molecular formula is C41H57N11O6. The van der Waals surface area contributed by atoms with Gasteiger partial charge in [-0.3, -0.25) is 33.9 Å². The molecule has 1 aliphatic heterocycles. The number of amides is 7. The number of benzene rings is 2. The van der Waals surface area contributed by atoms with Crippen molar-refractivity contribution in [3.63, 3.8) is 0 Å². The summed E-state index contributed by atoms with van der Waals surface area (Å²) in [6, 6.07) is 10.3. The first-order valence-electron chi connectivity index (χ1n) is 19.6. The third kappa shape index (κ3) is 13.9. The molecule has 17 nitrogen and oxygen atoms in total. The van der Waals surface area contributed by atoms with Crippen LogP contribution in [0.4, 0.5) is 4.79 Å². The summed E-state index contributed by atoms with van der Waals surface area (Å²) < 4.78 is 0. The van der Waals surface area contributed by atoms with Gasteiger partial charge in [-0.1, -0.05) is 60.4 Å². The van der Waals surface area contributed by atoms with Crippen LogP contribution in [0.1, 0.15) is 56.6 Å². The molecule has 0 spiro atoms. The van der Waals surface area contributed by atoms with Crippen molar-refractivity contribution in [3.05, 3.63) is 71.9 Å². The maximum absolute atomic E-state index is 14.1. The molecule has 5 atom stereocenters. The van der Waals surface area contributed by atoms with Gasteiger partial charge in [0.1, 0.15) is 30.2 Å². The lowest BCUT2D eigenvalue weighted by Crippen LogP contribution is -2.59. The molecule has 0 unspecified atom stereocenters. The number of urea groups is 1. The molecule has 58 heavy (non-hydrogen) atoms. The molecule has 312 valence electrons. The minimum Gasteiger partial charge on any atom is -0.368 e. The Bertz CT molecular complexity index is 1930. The van der Waals surface area contributed by atoms with E-state index in [2.05, 4.69) is 43.4 Å². The highest BCUT2D eigenvalue weighted by Crippen LogP contribution is 2.19. The van der Waals surface area contributed by atoms with E-state index in [1.165, 1.54) is 6.92 Å². The monoisotopic (exact) mass is 799 g/mol. The van der Waals surface area contributed by atoms with Gasteiger partial charge in [-0.25, -0.2) is 10.6 Å². The van der Waals surface area contributed by atoms with E-state index in [9.17, 15) is 28.8 Å². The van der Waals surface area contributed by atoms with E-state index in [1.54, 1.807) is 18.3 Å². The summed E-state index contributed by atoms with van der Waals surface area (Å²) in [5, 5.41) is 15.4. The maximum atomic E-state index is 14.1. The predicted octanol–water partition coefficient (Wildman–Crippen LogP) is -0.100. The van der Waals surface area contributed by atoms with Gasteiger partial charge in [0, 0.05) is 29.9 Å². The van der Waals surface area contributed by atoms with Crippen LogP contribution in [0.15, 0.2) is 60.8 Å². The lowest BCUT2D eigenvalue weighted by molar-refractivity contribution is -0.134. The summed E-state index contributed by atoms with van der Waals surface area (Å²) >= 11 is 0. The van der Waals surface area contributed by atoms with Crippen LogP contribution in [0, 0.1) is 11.8 Å². The average Bonchev–Trinajstić information content (AvgIpc) is 3.61. The molecular weight excluding hydrogens is 743 g/mol. The van der Waals surface area contributed by atoms with Crippen molar-refractivity contribution in [3.8, 4) is 11.8 Å². The molecule has 17 heteroatoms. The number of para-hydroxylation sites is 1. The van der Waals surface area contributed by atoms with E-state index < -0.39 is 65.8 Å². The Labute approximate surface area is 338 Å². The van der Waals surface area contributed by atoms with E-state index in [0.29, 0.717) is 45.3 Å². The molecule has 2 heterocycles. The van der Waals surface area contributed by atoms with Gasteiger partial charge in [0.05, 0.1) is 13.1 Å². The second kappa shape index (κ2) is 22.7. The molecule has 0 saturated carbocycles. The standard InChI is InChI=1S/C41H57N11O6/c1-27-37(54)48-33(38(55)49-34(24-28-14-4-3-5-15-28)40(57)47-32(36(43)53)18-8-10-20-42)19-9-11-21-51(2)22-12-13-23-52(44)41(58)50-35(39(56)46-27)25-29-26-45-31-17-7-6-16-30(29)31/h3-7,14-17,26-27,32-35,45H,8-11,18-25,42,44H2,1-2H3,(H2,43,53)(H,46,56)(H,47,57)(H,48,54)(H,49,55)(H,50,58)/t27-,32-,33-,34+,35+/m0/s1. The summed E-state index contributed by atoms with van der Waals surface area (Å²) in [5.41, 5.74) is 13.6. The van der Waals surface area contributed by atoms with Crippen LogP contribution in [0.5, 0.6) is 0 Å². The first kappa shape index (κ1) is 44.8. The Morgan fingerprint density at radius 3 is 2.36 bits per heavy atom. The number of carbonyl (C=O) groups excluding carboxylic acids is 6. The molecule has 0 radical (unpaired) electrons. The van der Waals surface area contributed by atoms with E-state index >= 15 is 0 Å². The Morgan fingerprint density at radius 2 is 1.62 bits per heavy atom. The van der Waals surface area contributed by atoms with E-state index in [4.69, 9.17) is 17.3 Å². The second-order valence-electron chi connectivity index (χ2n) is 14.6. The van der Waals surface area contributed by atoms with Crippen LogP contribution in [0.2, 0.25) is 0 Å². The van der Waals surface area contributed by atoms with Gasteiger partial charge in [-0.2, -0.15) is 0 Å². The van der Waals surface area contributed by atoms with Crippen LogP contribution in [0.3, 0.4) is 0 Å².